The van der Waals surface area contributed by atoms with Gasteiger partial charge in [0.25, 0.3) is 0 Å². The van der Waals surface area contributed by atoms with Gasteiger partial charge in [-0.05, 0) is 41.0 Å². The fourth-order valence-electron chi connectivity index (χ4n) is 2.98. The number of hydrogen-bond acceptors (Lipinski definition) is 5. The van der Waals surface area contributed by atoms with Crippen molar-refractivity contribution in [1.82, 2.24) is 15.4 Å². The van der Waals surface area contributed by atoms with Crippen LogP contribution < -0.4 is 10.7 Å². The van der Waals surface area contributed by atoms with Crippen LogP contribution in [0, 0.1) is 0 Å². The maximum absolute atomic E-state index is 12.7. The predicted molar refractivity (Wildman–Crippen MR) is 102 cm³/mol. The summed E-state index contributed by atoms with van der Waals surface area (Å²) in [5, 5.41) is 4.32. The highest BCUT2D eigenvalue weighted by molar-refractivity contribution is 6.04. The Hall–Kier alpha value is -3.46. The van der Waals surface area contributed by atoms with Gasteiger partial charge in [0.05, 0.1) is 6.42 Å². The molecule has 9 heteroatoms. The molecule has 2 aliphatic heterocycles. The monoisotopic (exact) mass is 399 g/mol. The molecule has 3 heterocycles. The first-order valence-electron chi connectivity index (χ1n) is 8.78. The summed E-state index contributed by atoms with van der Waals surface area (Å²) in [5.74, 6) is 0.428. The molecule has 0 aliphatic carbocycles. The molecule has 0 saturated carbocycles. The fourth-order valence-corrected chi connectivity index (χ4v) is 2.98. The van der Waals surface area contributed by atoms with Gasteiger partial charge in [-0.25, -0.2) is 10.4 Å². The molecule has 0 fully saturated rings. The van der Waals surface area contributed by atoms with Gasteiger partial charge in [0.15, 0.2) is 0 Å². The molecule has 2 N–H and O–H groups in total. The lowest BCUT2D eigenvalue weighted by Gasteiger charge is -2.18. The molecule has 1 amide bonds. The van der Waals surface area contributed by atoms with Gasteiger partial charge >= 0.3 is 6.18 Å². The van der Waals surface area contributed by atoms with E-state index in [0.29, 0.717) is 6.67 Å². The second-order valence-corrected chi connectivity index (χ2v) is 6.47. The third-order valence-electron chi connectivity index (χ3n) is 4.40. The van der Waals surface area contributed by atoms with Gasteiger partial charge in [-0.3, -0.25) is 14.8 Å². The molecule has 2 aliphatic rings. The van der Waals surface area contributed by atoms with Crippen LogP contribution in [0.3, 0.4) is 0 Å². The summed E-state index contributed by atoms with van der Waals surface area (Å²) in [4.78, 5) is 19.8. The lowest BCUT2D eigenvalue weighted by molar-refractivity contribution is -0.141. The third kappa shape index (κ3) is 4.35. The Kier molecular flexibility index (Phi) is 4.89. The molecule has 1 aromatic heterocycles. The van der Waals surface area contributed by atoms with E-state index in [2.05, 4.69) is 20.7 Å². The lowest BCUT2D eigenvalue weighted by Crippen LogP contribution is -2.32. The highest BCUT2D eigenvalue weighted by atomic mass is 19.4. The fraction of sp³-hybridized carbons (Fsp3) is 0.150. The number of amidine groups is 1. The number of hydrogen-bond donors (Lipinski definition) is 2. The largest absolute Gasteiger partial charge is 0.433 e. The number of nitrogens with one attached hydrogen (secondary N) is 2. The number of halogens is 3. The first-order chi connectivity index (χ1) is 13.9. The summed E-state index contributed by atoms with van der Waals surface area (Å²) >= 11 is 0. The molecule has 0 bridgehead atoms. The number of aromatic nitrogens is 1. The maximum atomic E-state index is 12.7. The highest BCUT2D eigenvalue weighted by Gasteiger charge is 2.32. The molecule has 2 aromatic rings. The first-order valence-corrected chi connectivity index (χ1v) is 8.78. The molecular weight excluding hydrogens is 383 g/mol. The predicted octanol–water partition coefficient (Wildman–Crippen LogP) is 3.37. The second kappa shape index (κ2) is 7.51. The van der Waals surface area contributed by atoms with Crippen LogP contribution in [-0.4, -0.2) is 28.4 Å². The van der Waals surface area contributed by atoms with E-state index in [1.54, 1.807) is 0 Å². The van der Waals surface area contributed by atoms with Gasteiger partial charge < -0.3 is 5.32 Å². The van der Waals surface area contributed by atoms with Crippen molar-refractivity contribution >= 4 is 23.0 Å². The van der Waals surface area contributed by atoms with E-state index in [4.69, 9.17) is 0 Å². The number of aliphatic imine (C=N–C) groups is 1. The zero-order valence-electron chi connectivity index (χ0n) is 15.1. The number of allylic oxidation sites excluding steroid dienone is 2. The Morgan fingerprint density at radius 1 is 1.21 bits per heavy atom. The van der Waals surface area contributed by atoms with Crippen molar-refractivity contribution in [3.63, 3.8) is 0 Å². The molecular formula is C20H16F3N5O. The van der Waals surface area contributed by atoms with Crippen LogP contribution in [0.15, 0.2) is 65.9 Å². The number of anilines is 1. The highest BCUT2D eigenvalue weighted by Crippen LogP contribution is 2.29. The van der Waals surface area contributed by atoms with Gasteiger partial charge in [0.1, 0.15) is 18.2 Å². The Labute approximate surface area is 164 Å². The number of amides is 1. The van der Waals surface area contributed by atoms with Crippen LogP contribution in [0.2, 0.25) is 0 Å². The van der Waals surface area contributed by atoms with Crippen molar-refractivity contribution in [2.75, 3.05) is 12.0 Å². The number of rotatable bonds is 4. The third-order valence-corrected chi connectivity index (χ3v) is 4.40. The number of nitrogens with zero attached hydrogens (tertiary/aromatic N) is 3. The van der Waals surface area contributed by atoms with E-state index < -0.39 is 17.8 Å². The van der Waals surface area contributed by atoms with Crippen LogP contribution in [0.5, 0.6) is 0 Å². The van der Waals surface area contributed by atoms with Crippen LogP contribution in [-0.2, 0) is 17.4 Å². The van der Waals surface area contributed by atoms with E-state index in [1.807, 2.05) is 47.6 Å². The maximum Gasteiger partial charge on any atom is 0.433 e. The zero-order chi connectivity index (χ0) is 20.4. The number of fused-ring (bicyclic) bond motifs is 1. The van der Waals surface area contributed by atoms with Crippen LogP contribution in [0.4, 0.5) is 18.9 Å². The van der Waals surface area contributed by atoms with Gasteiger partial charge in [-0.15, -0.1) is 0 Å². The number of benzene rings is 1. The van der Waals surface area contributed by atoms with Gasteiger partial charge in [0.2, 0.25) is 5.91 Å². The summed E-state index contributed by atoms with van der Waals surface area (Å²) in [7, 11) is 0. The SMILES string of the molecule is O=C(Cc1ccc(C2=CC3=NCNN3C=C2)cc1)Nc1ccnc(C(F)(F)F)c1. The van der Waals surface area contributed by atoms with Crippen molar-refractivity contribution in [3.8, 4) is 0 Å². The summed E-state index contributed by atoms with van der Waals surface area (Å²) in [6.07, 6.45) is 2.32. The summed E-state index contributed by atoms with van der Waals surface area (Å²) in [6, 6.07) is 9.56. The second-order valence-electron chi connectivity index (χ2n) is 6.47. The number of alkyl halides is 3. The topological polar surface area (TPSA) is 69.6 Å². The number of hydrazine groups is 1. The molecule has 0 saturated heterocycles. The molecule has 29 heavy (non-hydrogen) atoms. The standard InChI is InChI=1S/C20H16F3N5O/c21-20(22,23)17-11-16(5-7-24-17)27-19(29)9-13-1-3-14(4-2-13)15-6-8-28-18(10-15)25-12-26-28/h1-8,10-11,26H,9,12H2,(H,24,27,29). The molecule has 0 radical (unpaired) electrons. The summed E-state index contributed by atoms with van der Waals surface area (Å²) in [6.45, 7) is 0.541. The summed E-state index contributed by atoms with van der Waals surface area (Å²) < 4.78 is 38.2. The van der Waals surface area contributed by atoms with Crippen LogP contribution in [0.25, 0.3) is 5.57 Å². The number of pyridine rings is 1. The zero-order valence-corrected chi connectivity index (χ0v) is 15.1. The average molecular weight is 399 g/mol. The number of carbonyl (C=O) groups excluding carboxylic acids is 1. The average Bonchev–Trinajstić information content (AvgIpc) is 3.16. The molecule has 148 valence electrons. The molecule has 1 aromatic carbocycles. The van der Waals surface area contributed by atoms with Crippen molar-refractivity contribution < 1.29 is 18.0 Å². The Morgan fingerprint density at radius 2 is 2.00 bits per heavy atom. The van der Waals surface area contributed by atoms with Crippen LogP contribution in [0.1, 0.15) is 16.8 Å². The van der Waals surface area contributed by atoms with Crippen molar-refractivity contribution in [3.05, 3.63) is 77.8 Å². The molecule has 6 nitrogen and oxygen atoms in total. The minimum absolute atomic E-state index is 0.0449. The molecule has 4 rings (SSSR count). The van der Waals surface area contributed by atoms with Gasteiger partial charge in [-0.1, -0.05) is 24.3 Å². The Balaban J connectivity index is 1.40. The Morgan fingerprint density at radius 3 is 2.76 bits per heavy atom. The normalized spacial score (nSPS) is 15.6. The number of carbonyl (C=O) groups is 1. The van der Waals surface area contributed by atoms with Crippen molar-refractivity contribution in [2.24, 2.45) is 4.99 Å². The van der Waals surface area contributed by atoms with Gasteiger partial charge in [-0.2, -0.15) is 13.2 Å². The van der Waals surface area contributed by atoms with E-state index >= 15 is 0 Å². The van der Waals surface area contributed by atoms with E-state index in [1.165, 1.54) is 6.07 Å². The van der Waals surface area contributed by atoms with E-state index in [9.17, 15) is 18.0 Å². The summed E-state index contributed by atoms with van der Waals surface area (Å²) in [5.41, 5.74) is 4.81. The quantitative estimate of drug-likeness (QED) is 0.827. The molecule has 0 spiro atoms. The molecule has 0 atom stereocenters. The van der Waals surface area contributed by atoms with Crippen molar-refractivity contribution in [1.29, 1.82) is 0 Å². The van der Waals surface area contributed by atoms with Gasteiger partial charge in [0, 0.05) is 18.1 Å². The smallest absolute Gasteiger partial charge is 0.326 e. The van der Waals surface area contributed by atoms with E-state index in [-0.39, 0.29) is 12.1 Å². The molecule has 0 unspecified atom stereocenters. The minimum atomic E-state index is -4.56. The van der Waals surface area contributed by atoms with E-state index in [0.717, 1.165) is 34.8 Å². The minimum Gasteiger partial charge on any atom is -0.326 e. The first kappa shape index (κ1) is 18.9. The lowest BCUT2D eigenvalue weighted by atomic mass is 10.0. The van der Waals surface area contributed by atoms with Crippen LogP contribution >= 0.6 is 0 Å². The Bertz CT molecular complexity index is 1030. The van der Waals surface area contributed by atoms with Crippen molar-refractivity contribution in [2.45, 2.75) is 12.6 Å².